The van der Waals surface area contributed by atoms with Crippen molar-refractivity contribution in [3.8, 4) is 5.75 Å². The van der Waals surface area contributed by atoms with Gasteiger partial charge in [-0.25, -0.2) is 4.98 Å². The van der Waals surface area contributed by atoms with Crippen molar-refractivity contribution in [2.75, 3.05) is 6.54 Å². The summed E-state index contributed by atoms with van der Waals surface area (Å²) >= 11 is 0. The van der Waals surface area contributed by atoms with Gasteiger partial charge in [-0.15, -0.1) is 0 Å². The number of hydrogen-bond donors (Lipinski definition) is 1. The maximum Gasteiger partial charge on any atom is 0.260 e. The lowest BCUT2D eigenvalue weighted by atomic mass is 10.1. The van der Waals surface area contributed by atoms with Crippen molar-refractivity contribution in [2.24, 2.45) is 5.92 Å². The maximum absolute atomic E-state index is 11.7. The average Bonchev–Trinajstić information content (AvgIpc) is 2.39. The molecule has 1 atom stereocenters. The monoisotopic (exact) mass is 264 g/mol. The summed E-state index contributed by atoms with van der Waals surface area (Å²) in [6.45, 7) is 6.53. The van der Waals surface area contributed by atoms with Gasteiger partial charge in [0.2, 0.25) is 0 Å². The molecule has 0 saturated heterocycles. The van der Waals surface area contributed by atoms with Gasteiger partial charge in [-0.3, -0.25) is 9.59 Å². The molecule has 0 bridgehead atoms. The molecule has 1 amide bonds. The zero-order valence-electron chi connectivity index (χ0n) is 11.6. The van der Waals surface area contributed by atoms with E-state index in [0.29, 0.717) is 30.2 Å². The minimum atomic E-state index is -0.587. The molecule has 0 saturated carbocycles. The summed E-state index contributed by atoms with van der Waals surface area (Å²) in [7, 11) is 0. The van der Waals surface area contributed by atoms with Crippen molar-refractivity contribution in [1.29, 1.82) is 0 Å². The highest BCUT2D eigenvalue weighted by Gasteiger charge is 2.14. The highest BCUT2D eigenvalue weighted by atomic mass is 16.5. The fourth-order valence-corrected chi connectivity index (χ4v) is 1.42. The summed E-state index contributed by atoms with van der Waals surface area (Å²) in [6.07, 6.45) is 2.44. The molecule has 0 aliphatic rings. The Morgan fingerprint density at radius 1 is 1.42 bits per heavy atom. The molecule has 5 heteroatoms. The number of amides is 1. The molecule has 1 aromatic heterocycles. The van der Waals surface area contributed by atoms with Crippen molar-refractivity contribution in [1.82, 2.24) is 10.3 Å². The molecule has 1 rings (SSSR count). The van der Waals surface area contributed by atoms with E-state index in [1.54, 1.807) is 19.1 Å². The van der Waals surface area contributed by atoms with Crippen LogP contribution in [0.25, 0.3) is 0 Å². The molecule has 104 valence electrons. The Morgan fingerprint density at radius 3 is 2.68 bits per heavy atom. The first-order chi connectivity index (χ1) is 9.02. The number of aldehydes is 1. The first-order valence-corrected chi connectivity index (χ1v) is 6.38. The van der Waals surface area contributed by atoms with Crippen LogP contribution < -0.4 is 10.1 Å². The lowest BCUT2D eigenvalue weighted by molar-refractivity contribution is -0.127. The number of nitrogens with one attached hydrogen (secondary N) is 1. The smallest absolute Gasteiger partial charge is 0.260 e. The van der Waals surface area contributed by atoms with Gasteiger partial charge in [-0.1, -0.05) is 13.8 Å². The molecule has 19 heavy (non-hydrogen) atoms. The molecular formula is C14H20N2O3. The molecule has 0 radical (unpaired) electrons. The second-order valence-electron chi connectivity index (χ2n) is 4.77. The van der Waals surface area contributed by atoms with Crippen LogP contribution in [0.3, 0.4) is 0 Å². The minimum absolute atomic E-state index is 0.153. The topological polar surface area (TPSA) is 68.3 Å². The third-order valence-electron chi connectivity index (χ3n) is 2.58. The maximum atomic E-state index is 11.7. The number of hydrogen-bond acceptors (Lipinski definition) is 4. The zero-order valence-corrected chi connectivity index (χ0v) is 11.6. The quantitative estimate of drug-likeness (QED) is 0.763. The van der Waals surface area contributed by atoms with E-state index in [-0.39, 0.29) is 5.91 Å². The van der Waals surface area contributed by atoms with Gasteiger partial charge >= 0.3 is 0 Å². The predicted octanol–water partition coefficient (Wildman–Crippen LogP) is 1.82. The van der Waals surface area contributed by atoms with Crippen LogP contribution in [-0.4, -0.2) is 29.8 Å². The Bertz CT molecular complexity index is 415. The summed E-state index contributed by atoms with van der Waals surface area (Å²) in [5.74, 6) is 0.869. The number of nitrogens with zero attached hydrogens (tertiary/aromatic N) is 1. The van der Waals surface area contributed by atoms with Crippen LogP contribution in [0, 0.1) is 5.92 Å². The van der Waals surface area contributed by atoms with E-state index in [1.165, 1.54) is 6.20 Å². The molecule has 5 nitrogen and oxygen atoms in total. The second-order valence-corrected chi connectivity index (χ2v) is 4.77. The predicted molar refractivity (Wildman–Crippen MR) is 72.2 cm³/mol. The van der Waals surface area contributed by atoms with Crippen molar-refractivity contribution in [2.45, 2.75) is 33.3 Å². The van der Waals surface area contributed by atoms with Crippen molar-refractivity contribution < 1.29 is 14.3 Å². The Balaban J connectivity index is 2.42. The first-order valence-electron chi connectivity index (χ1n) is 6.38. The fourth-order valence-electron chi connectivity index (χ4n) is 1.42. The summed E-state index contributed by atoms with van der Waals surface area (Å²) in [4.78, 5) is 26.1. The van der Waals surface area contributed by atoms with Crippen molar-refractivity contribution >= 4 is 12.2 Å². The lowest BCUT2D eigenvalue weighted by Gasteiger charge is -2.15. The van der Waals surface area contributed by atoms with Gasteiger partial charge < -0.3 is 10.1 Å². The molecular weight excluding hydrogens is 244 g/mol. The Kier molecular flexibility index (Phi) is 5.99. The van der Waals surface area contributed by atoms with Gasteiger partial charge in [0, 0.05) is 6.54 Å². The van der Waals surface area contributed by atoms with E-state index in [2.05, 4.69) is 24.1 Å². The van der Waals surface area contributed by atoms with Crippen LogP contribution in [0.2, 0.25) is 0 Å². The third kappa shape index (κ3) is 5.50. The summed E-state index contributed by atoms with van der Waals surface area (Å²) in [5, 5.41) is 2.82. The number of carbonyl (C=O) groups excluding carboxylic acids is 2. The van der Waals surface area contributed by atoms with E-state index >= 15 is 0 Å². The van der Waals surface area contributed by atoms with Gasteiger partial charge in [0.05, 0.1) is 6.20 Å². The van der Waals surface area contributed by atoms with Crippen molar-refractivity contribution in [3.05, 3.63) is 24.0 Å². The van der Waals surface area contributed by atoms with Gasteiger partial charge in [0.15, 0.2) is 12.4 Å². The molecule has 0 aliphatic carbocycles. The molecule has 0 aromatic carbocycles. The zero-order chi connectivity index (χ0) is 14.3. The third-order valence-corrected chi connectivity index (χ3v) is 2.58. The Labute approximate surface area is 113 Å². The number of pyridine rings is 1. The van der Waals surface area contributed by atoms with Crippen LogP contribution in [0.15, 0.2) is 18.3 Å². The largest absolute Gasteiger partial charge is 0.479 e. The molecule has 0 spiro atoms. The molecule has 1 aromatic rings. The number of ether oxygens (including phenoxy) is 1. The van der Waals surface area contributed by atoms with E-state index < -0.39 is 6.10 Å². The van der Waals surface area contributed by atoms with Gasteiger partial charge in [-0.2, -0.15) is 0 Å². The van der Waals surface area contributed by atoms with Crippen LogP contribution in [0.1, 0.15) is 37.7 Å². The second kappa shape index (κ2) is 7.51. The summed E-state index contributed by atoms with van der Waals surface area (Å²) in [6, 6.07) is 3.17. The molecule has 1 heterocycles. The van der Waals surface area contributed by atoms with E-state index in [9.17, 15) is 9.59 Å². The summed E-state index contributed by atoms with van der Waals surface area (Å²) < 4.78 is 5.44. The normalized spacial score (nSPS) is 12.0. The minimum Gasteiger partial charge on any atom is -0.479 e. The SMILES string of the molecule is CC(C)CCNC(=O)C(C)Oc1ccc(C=O)nc1. The first kappa shape index (κ1) is 15.1. The van der Waals surface area contributed by atoms with Crippen LogP contribution in [-0.2, 0) is 4.79 Å². The fraction of sp³-hybridized carbons (Fsp3) is 0.500. The van der Waals surface area contributed by atoms with E-state index in [4.69, 9.17) is 4.74 Å². The standard InChI is InChI=1S/C14H20N2O3/c1-10(2)6-7-15-14(18)11(3)19-13-5-4-12(9-17)16-8-13/h4-5,8-11H,6-7H2,1-3H3,(H,15,18). The number of carbonyl (C=O) groups is 2. The molecule has 1 unspecified atom stereocenters. The molecule has 1 N–H and O–H groups in total. The van der Waals surface area contributed by atoms with Crippen LogP contribution in [0.4, 0.5) is 0 Å². The highest BCUT2D eigenvalue weighted by molar-refractivity contribution is 5.80. The lowest BCUT2D eigenvalue weighted by Crippen LogP contribution is -2.37. The van der Waals surface area contributed by atoms with Crippen LogP contribution in [0.5, 0.6) is 5.75 Å². The molecule has 0 fully saturated rings. The number of aromatic nitrogens is 1. The van der Waals surface area contributed by atoms with Crippen molar-refractivity contribution in [3.63, 3.8) is 0 Å². The van der Waals surface area contributed by atoms with Gasteiger partial charge in [0.1, 0.15) is 11.4 Å². The average molecular weight is 264 g/mol. The summed E-state index contributed by atoms with van der Waals surface area (Å²) in [5.41, 5.74) is 0.335. The highest BCUT2D eigenvalue weighted by Crippen LogP contribution is 2.10. The Morgan fingerprint density at radius 2 is 2.16 bits per heavy atom. The Hall–Kier alpha value is -1.91. The van der Waals surface area contributed by atoms with E-state index in [0.717, 1.165) is 6.42 Å². The number of rotatable bonds is 7. The van der Waals surface area contributed by atoms with Crippen LogP contribution >= 0.6 is 0 Å². The van der Waals surface area contributed by atoms with Gasteiger partial charge in [-0.05, 0) is 31.4 Å². The van der Waals surface area contributed by atoms with Gasteiger partial charge in [0.25, 0.3) is 5.91 Å². The molecule has 0 aliphatic heterocycles. The van der Waals surface area contributed by atoms with E-state index in [1.807, 2.05) is 0 Å².